The summed E-state index contributed by atoms with van der Waals surface area (Å²) in [5.74, 6) is 0. The van der Waals surface area contributed by atoms with Crippen LogP contribution in [0.4, 0.5) is 0 Å². The lowest BCUT2D eigenvalue weighted by atomic mass is 10.2. The third-order valence-electron chi connectivity index (χ3n) is 3.11. The minimum atomic E-state index is 0.190. The Hall–Kier alpha value is -0.980. The number of nitrogens with one attached hydrogen (secondary N) is 1. The van der Waals surface area contributed by atoms with Crippen molar-refractivity contribution in [2.75, 3.05) is 0 Å². The minimum absolute atomic E-state index is 0.190. The Kier molecular flexibility index (Phi) is 3.56. The van der Waals surface area contributed by atoms with E-state index in [0.717, 1.165) is 31.7 Å². The molecule has 0 saturated carbocycles. The van der Waals surface area contributed by atoms with E-state index in [1.165, 1.54) is 0 Å². The number of thiazole rings is 1. The van der Waals surface area contributed by atoms with E-state index >= 15 is 0 Å². The van der Waals surface area contributed by atoms with Crippen LogP contribution in [0.5, 0.6) is 0 Å². The molecule has 3 nitrogen and oxygen atoms in total. The van der Waals surface area contributed by atoms with Crippen LogP contribution in [0.15, 0.2) is 34.2 Å². The fourth-order valence-electron chi connectivity index (χ4n) is 2.27. The Morgan fingerprint density at radius 2 is 2.37 bits per heavy atom. The number of nitrogens with zero attached hydrogens (tertiary/aromatic N) is 2. The number of H-pyrrole nitrogens is 1. The Balaban J connectivity index is 2.26. The van der Waals surface area contributed by atoms with E-state index in [2.05, 4.69) is 43.5 Å². The Morgan fingerprint density at radius 3 is 3.05 bits per heavy atom. The average molecular weight is 354 g/mol. The molecule has 1 aromatic carbocycles. The summed E-state index contributed by atoms with van der Waals surface area (Å²) in [7, 11) is 0. The lowest BCUT2D eigenvalue weighted by Crippen LogP contribution is -2.09. The van der Waals surface area contributed by atoms with Crippen molar-refractivity contribution in [3.05, 3.63) is 44.0 Å². The van der Waals surface area contributed by atoms with Crippen LogP contribution < -0.4 is 0 Å². The van der Waals surface area contributed by atoms with Crippen LogP contribution in [0.1, 0.15) is 24.4 Å². The summed E-state index contributed by atoms with van der Waals surface area (Å²) in [4.78, 5) is 7.70. The van der Waals surface area contributed by atoms with Gasteiger partial charge < -0.3 is 9.55 Å². The van der Waals surface area contributed by atoms with E-state index in [1.807, 2.05) is 23.7 Å². The van der Waals surface area contributed by atoms with E-state index in [4.69, 9.17) is 12.2 Å². The molecular formula is C13H12BrN3S2. The van der Waals surface area contributed by atoms with Gasteiger partial charge in [-0.2, -0.15) is 0 Å². The first kappa shape index (κ1) is 13.0. The first-order valence-electron chi connectivity index (χ1n) is 6.00. The largest absolute Gasteiger partial charge is 0.331 e. The molecule has 1 N–H and O–H groups in total. The molecule has 0 spiro atoms. The molecule has 0 fully saturated rings. The van der Waals surface area contributed by atoms with Gasteiger partial charge in [0.05, 0.1) is 17.1 Å². The molecule has 1 atom stereocenters. The molecule has 0 amide bonds. The predicted molar refractivity (Wildman–Crippen MR) is 85.4 cm³/mol. The lowest BCUT2D eigenvalue weighted by Gasteiger charge is -2.15. The molecule has 0 aliphatic rings. The zero-order chi connectivity index (χ0) is 13.4. The highest BCUT2D eigenvalue weighted by Gasteiger charge is 2.18. The molecule has 3 rings (SSSR count). The fraction of sp³-hybridized carbons (Fsp3) is 0.231. The number of benzene rings is 1. The van der Waals surface area contributed by atoms with Crippen LogP contribution in [0.3, 0.4) is 0 Å². The van der Waals surface area contributed by atoms with Crippen molar-refractivity contribution in [2.24, 2.45) is 0 Å². The van der Waals surface area contributed by atoms with E-state index in [1.54, 1.807) is 11.3 Å². The summed E-state index contributed by atoms with van der Waals surface area (Å²) in [6, 6.07) is 6.34. The van der Waals surface area contributed by atoms with E-state index in [-0.39, 0.29) is 6.04 Å². The second kappa shape index (κ2) is 5.19. The first-order chi connectivity index (χ1) is 9.20. The maximum Gasteiger partial charge on any atom is 0.178 e. The number of halogens is 1. The lowest BCUT2D eigenvalue weighted by molar-refractivity contribution is 0.571. The second-order valence-electron chi connectivity index (χ2n) is 4.26. The van der Waals surface area contributed by atoms with Crippen LogP contribution in [-0.2, 0) is 0 Å². The molecule has 6 heteroatoms. The van der Waals surface area contributed by atoms with Crippen molar-refractivity contribution >= 4 is 50.5 Å². The third-order valence-corrected chi connectivity index (χ3v) is 4.78. The van der Waals surface area contributed by atoms with Gasteiger partial charge >= 0.3 is 0 Å². The summed E-state index contributed by atoms with van der Waals surface area (Å²) in [5, 5.41) is 3.10. The van der Waals surface area contributed by atoms with E-state index in [9.17, 15) is 0 Å². The molecule has 0 radical (unpaired) electrons. The first-order valence-corrected chi connectivity index (χ1v) is 8.08. The van der Waals surface area contributed by atoms with Crippen molar-refractivity contribution in [2.45, 2.75) is 19.4 Å². The smallest absolute Gasteiger partial charge is 0.178 e. The highest BCUT2D eigenvalue weighted by atomic mass is 79.9. The Bertz CT molecular complexity index is 758. The zero-order valence-corrected chi connectivity index (χ0v) is 13.5. The van der Waals surface area contributed by atoms with Gasteiger partial charge in [-0.15, -0.1) is 11.3 Å². The molecule has 2 heterocycles. The number of hydrogen-bond donors (Lipinski definition) is 1. The van der Waals surface area contributed by atoms with Crippen molar-refractivity contribution in [1.29, 1.82) is 0 Å². The molecule has 0 aliphatic carbocycles. The topological polar surface area (TPSA) is 33.6 Å². The number of hydrogen-bond acceptors (Lipinski definition) is 3. The number of aromatic nitrogens is 3. The molecule has 0 bridgehead atoms. The van der Waals surface area contributed by atoms with Gasteiger partial charge in [-0.3, -0.25) is 0 Å². The molecule has 0 saturated heterocycles. The van der Waals surface area contributed by atoms with Gasteiger partial charge in [0.25, 0.3) is 0 Å². The van der Waals surface area contributed by atoms with Gasteiger partial charge in [0.2, 0.25) is 0 Å². The van der Waals surface area contributed by atoms with Gasteiger partial charge in [0.15, 0.2) is 4.77 Å². The molecule has 3 aromatic rings. The summed E-state index contributed by atoms with van der Waals surface area (Å²) >= 11 is 10.7. The van der Waals surface area contributed by atoms with Crippen molar-refractivity contribution < 1.29 is 0 Å². The van der Waals surface area contributed by atoms with Crippen molar-refractivity contribution in [3.63, 3.8) is 0 Å². The molecular weight excluding hydrogens is 342 g/mol. The Labute approximate surface area is 128 Å². The van der Waals surface area contributed by atoms with Gasteiger partial charge in [-0.25, -0.2) is 4.98 Å². The Morgan fingerprint density at radius 1 is 1.53 bits per heavy atom. The van der Waals surface area contributed by atoms with Crippen LogP contribution >= 0.6 is 39.5 Å². The van der Waals surface area contributed by atoms with Gasteiger partial charge in [-0.05, 0) is 36.8 Å². The van der Waals surface area contributed by atoms with Crippen LogP contribution in [-0.4, -0.2) is 14.5 Å². The number of imidazole rings is 1. The average Bonchev–Trinajstić information content (AvgIpc) is 3.00. The fourth-order valence-corrected chi connectivity index (χ4v) is 3.77. The molecule has 98 valence electrons. The van der Waals surface area contributed by atoms with E-state index < -0.39 is 0 Å². The molecule has 0 aliphatic heterocycles. The summed E-state index contributed by atoms with van der Waals surface area (Å²) in [6.07, 6.45) is 2.80. The maximum absolute atomic E-state index is 5.48. The number of aromatic amines is 1. The quantitative estimate of drug-likeness (QED) is 0.678. The van der Waals surface area contributed by atoms with Crippen LogP contribution in [0.2, 0.25) is 0 Å². The SMILES string of the molecule is CCC(c1nccs1)n1c(=S)[nH]c2ccc(Br)cc21. The van der Waals surface area contributed by atoms with E-state index in [0.29, 0.717) is 0 Å². The van der Waals surface area contributed by atoms with Crippen LogP contribution in [0, 0.1) is 4.77 Å². The highest BCUT2D eigenvalue weighted by molar-refractivity contribution is 9.10. The maximum atomic E-state index is 5.48. The number of fused-ring (bicyclic) bond motifs is 1. The molecule has 2 aromatic heterocycles. The molecule has 1 unspecified atom stereocenters. The van der Waals surface area contributed by atoms with Crippen molar-refractivity contribution in [3.8, 4) is 0 Å². The van der Waals surface area contributed by atoms with Crippen LogP contribution in [0.25, 0.3) is 11.0 Å². The van der Waals surface area contributed by atoms with Gasteiger partial charge in [-0.1, -0.05) is 22.9 Å². The number of rotatable bonds is 3. The normalized spacial score (nSPS) is 12.9. The summed E-state index contributed by atoms with van der Waals surface area (Å²) in [6.45, 7) is 2.16. The minimum Gasteiger partial charge on any atom is -0.331 e. The molecule has 19 heavy (non-hydrogen) atoms. The second-order valence-corrected chi connectivity index (χ2v) is 6.48. The summed E-state index contributed by atoms with van der Waals surface area (Å²) < 4.78 is 3.96. The van der Waals surface area contributed by atoms with Crippen molar-refractivity contribution in [1.82, 2.24) is 14.5 Å². The summed E-state index contributed by atoms with van der Waals surface area (Å²) in [5.41, 5.74) is 2.17. The zero-order valence-electron chi connectivity index (χ0n) is 10.3. The third kappa shape index (κ3) is 2.28. The van der Waals surface area contributed by atoms with Gasteiger partial charge in [0, 0.05) is 16.0 Å². The van der Waals surface area contributed by atoms with Gasteiger partial charge in [0.1, 0.15) is 5.01 Å². The highest BCUT2D eigenvalue weighted by Crippen LogP contribution is 2.29. The standard InChI is InChI=1S/C13H12BrN3S2/c1-2-10(12-15-5-6-19-12)17-11-7-8(14)3-4-9(11)16-13(17)18/h3-7,10H,2H2,1H3,(H,16,18). The monoisotopic (exact) mass is 353 g/mol. The predicted octanol–water partition coefficient (Wildman–Crippen LogP) is 4.92.